The molecule has 1 aliphatic rings. The molecule has 2 aromatic rings. The van der Waals surface area contributed by atoms with Crippen LogP contribution in [-0.4, -0.2) is 35.7 Å². The van der Waals surface area contributed by atoms with Gasteiger partial charge in [0.05, 0.1) is 23.2 Å². The zero-order valence-corrected chi connectivity index (χ0v) is 13.1. The molecule has 6 nitrogen and oxygen atoms in total. The molecule has 0 bridgehead atoms. The molecule has 0 amide bonds. The van der Waals surface area contributed by atoms with Crippen LogP contribution < -0.4 is 4.90 Å². The number of nitro benzene ring substituents is 1. The molecule has 2 heterocycles. The first-order valence-electron chi connectivity index (χ1n) is 7.61. The standard InChI is InChI=1S/C17H19N3O3/c1-3-8-23-14-6-7-19(11-14)17-9-12(2)18-16-5-4-13(20(21)22)10-15(16)17/h3-5,9-10,14H,1,6-8,11H2,2H3. The molecular formula is C17H19N3O3. The Morgan fingerprint density at radius 2 is 2.35 bits per heavy atom. The Labute approximate surface area is 134 Å². The molecule has 3 rings (SSSR count). The summed E-state index contributed by atoms with van der Waals surface area (Å²) in [5.41, 5.74) is 2.75. The summed E-state index contributed by atoms with van der Waals surface area (Å²) in [5, 5.41) is 11.9. The maximum atomic E-state index is 11.1. The van der Waals surface area contributed by atoms with Crippen LogP contribution in [0.1, 0.15) is 12.1 Å². The molecule has 0 spiro atoms. The Morgan fingerprint density at radius 3 is 3.09 bits per heavy atom. The van der Waals surface area contributed by atoms with Gasteiger partial charge in [-0.3, -0.25) is 15.1 Å². The van der Waals surface area contributed by atoms with Gasteiger partial charge in [-0.05, 0) is 25.5 Å². The second-order valence-corrected chi connectivity index (χ2v) is 5.72. The van der Waals surface area contributed by atoms with E-state index in [9.17, 15) is 10.1 Å². The number of aryl methyl sites for hydroxylation is 1. The first-order chi connectivity index (χ1) is 11.1. The van der Waals surface area contributed by atoms with Crippen LogP contribution in [0.4, 0.5) is 11.4 Å². The average Bonchev–Trinajstić information content (AvgIpc) is 3.00. The Balaban J connectivity index is 1.97. The van der Waals surface area contributed by atoms with Gasteiger partial charge in [-0.2, -0.15) is 0 Å². The fraction of sp³-hybridized carbons (Fsp3) is 0.353. The van der Waals surface area contributed by atoms with Crippen molar-refractivity contribution in [1.82, 2.24) is 4.98 Å². The number of nitro groups is 1. The third-order valence-electron chi connectivity index (χ3n) is 4.04. The van der Waals surface area contributed by atoms with Crippen molar-refractivity contribution in [3.05, 3.63) is 52.7 Å². The number of fused-ring (bicyclic) bond motifs is 1. The lowest BCUT2D eigenvalue weighted by Crippen LogP contribution is -2.23. The molecule has 1 saturated heterocycles. The highest BCUT2D eigenvalue weighted by atomic mass is 16.6. The molecule has 0 N–H and O–H groups in total. The molecule has 0 saturated carbocycles. The lowest BCUT2D eigenvalue weighted by atomic mass is 10.1. The molecule has 1 aliphatic heterocycles. The van der Waals surface area contributed by atoms with E-state index in [4.69, 9.17) is 4.74 Å². The predicted molar refractivity (Wildman–Crippen MR) is 89.9 cm³/mol. The third-order valence-corrected chi connectivity index (χ3v) is 4.04. The van der Waals surface area contributed by atoms with Crippen LogP contribution in [0.5, 0.6) is 0 Å². The van der Waals surface area contributed by atoms with Crippen molar-refractivity contribution in [3.8, 4) is 0 Å². The topological polar surface area (TPSA) is 68.5 Å². The maximum Gasteiger partial charge on any atom is 0.270 e. The highest BCUT2D eigenvalue weighted by Crippen LogP contribution is 2.32. The van der Waals surface area contributed by atoms with Crippen molar-refractivity contribution in [1.29, 1.82) is 0 Å². The van der Waals surface area contributed by atoms with E-state index in [1.54, 1.807) is 18.2 Å². The number of hydrogen-bond acceptors (Lipinski definition) is 5. The summed E-state index contributed by atoms with van der Waals surface area (Å²) in [7, 11) is 0. The van der Waals surface area contributed by atoms with Gasteiger partial charge in [-0.25, -0.2) is 0 Å². The zero-order valence-electron chi connectivity index (χ0n) is 13.1. The molecule has 1 fully saturated rings. The zero-order chi connectivity index (χ0) is 16.4. The number of pyridine rings is 1. The minimum absolute atomic E-state index is 0.0862. The molecule has 1 atom stereocenters. The van der Waals surface area contributed by atoms with Gasteiger partial charge in [0.1, 0.15) is 0 Å². The Hall–Kier alpha value is -2.47. The Bertz CT molecular complexity index is 760. The first kappa shape index (κ1) is 15.4. The lowest BCUT2D eigenvalue weighted by molar-refractivity contribution is -0.384. The number of benzene rings is 1. The molecule has 1 aromatic heterocycles. The highest BCUT2D eigenvalue weighted by molar-refractivity contribution is 5.93. The summed E-state index contributed by atoms with van der Waals surface area (Å²) in [6.07, 6.45) is 2.85. The smallest absolute Gasteiger partial charge is 0.270 e. The molecular weight excluding hydrogens is 294 g/mol. The molecule has 23 heavy (non-hydrogen) atoms. The summed E-state index contributed by atoms with van der Waals surface area (Å²) in [5.74, 6) is 0. The van der Waals surface area contributed by atoms with Gasteiger partial charge in [0.15, 0.2) is 0 Å². The van der Waals surface area contributed by atoms with Crippen LogP contribution in [0.25, 0.3) is 10.9 Å². The monoisotopic (exact) mass is 313 g/mol. The summed E-state index contributed by atoms with van der Waals surface area (Å²) in [6.45, 7) is 7.78. The number of non-ortho nitro benzene ring substituents is 1. The van der Waals surface area contributed by atoms with Gasteiger partial charge in [0.25, 0.3) is 5.69 Å². The van der Waals surface area contributed by atoms with Crippen LogP contribution in [0.15, 0.2) is 36.9 Å². The largest absolute Gasteiger partial charge is 0.372 e. The van der Waals surface area contributed by atoms with E-state index in [1.165, 1.54) is 6.07 Å². The van der Waals surface area contributed by atoms with Gasteiger partial charge in [0, 0.05) is 42.0 Å². The molecule has 1 aromatic carbocycles. The molecule has 0 radical (unpaired) electrons. The van der Waals surface area contributed by atoms with Crippen molar-refractivity contribution in [2.75, 3.05) is 24.6 Å². The normalized spacial score (nSPS) is 17.6. The van der Waals surface area contributed by atoms with Crippen LogP contribution in [0.2, 0.25) is 0 Å². The van der Waals surface area contributed by atoms with Crippen molar-refractivity contribution in [2.24, 2.45) is 0 Å². The van der Waals surface area contributed by atoms with Crippen molar-refractivity contribution in [3.63, 3.8) is 0 Å². The fourth-order valence-corrected chi connectivity index (χ4v) is 2.99. The summed E-state index contributed by atoms with van der Waals surface area (Å²) in [6, 6.07) is 6.81. The minimum Gasteiger partial charge on any atom is -0.372 e. The fourth-order valence-electron chi connectivity index (χ4n) is 2.99. The van der Waals surface area contributed by atoms with E-state index < -0.39 is 0 Å². The second-order valence-electron chi connectivity index (χ2n) is 5.72. The van der Waals surface area contributed by atoms with Crippen molar-refractivity contribution >= 4 is 22.3 Å². The minimum atomic E-state index is -0.372. The van der Waals surface area contributed by atoms with Crippen molar-refractivity contribution in [2.45, 2.75) is 19.4 Å². The number of anilines is 1. The van der Waals surface area contributed by atoms with Gasteiger partial charge in [0.2, 0.25) is 0 Å². The number of hydrogen-bond donors (Lipinski definition) is 0. The van der Waals surface area contributed by atoms with Gasteiger partial charge in [-0.1, -0.05) is 6.08 Å². The third kappa shape index (κ3) is 3.17. The van der Waals surface area contributed by atoms with E-state index in [2.05, 4.69) is 16.5 Å². The highest BCUT2D eigenvalue weighted by Gasteiger charge is 2.25. The molecule has 0 aliphatic carbocycles. The summed E-state index contributed by atoms with van der Waals surface area (Å²) in [4.78, 5) is 17.4. The van der Waals surface area contributed by atoms with Gasteiger partial charge < -0.3 is 9.64 Å². The van der Waals surface area contributed by atoms with E-state index in [0.29, 0.717) is 6.61 Å². The average molecular weight is 313 g/mol. The van der Waals surface area contributed by atoms with Crippen molar-refractivity contribution < 1.29 is 9.66 Å². The predicted octanol–water partition coefficient (Wildman–Crippen LogP) is 3.23. The Kier molecular flexibility index (Phi) is 4.25. The number of aromatic nitrogens is 1. The molecule has 1 unspecified atom stereocenters. The summed E-state index contributed by atoms with van der Waals surface area (Å²) < 4.78 is 5.72. The molecule has 6 heteroatoms. The van der Waals surface area contributed by atoms with Crippen LogP contribution in [-0.2, 0) is 4.74 Å². The van der Waals surface area contributed by atoms with Crippen LogP contribution in [0.3, 0.4) is 0 Å². The molecule has 120 valence electrons. The van der Waals surface area contributed by atoms with E-state index >= 15 is 0 Å². The van der Waals surface area contributed by atoms with Crippen LogP contribution in [0, 0.1) is 17.0 Å². The first-order valence-corrected chi connectivity index (χ1v) is 7.61. The SMILES string of the molecule is C=CCOC1CCN(c2cc(C)nc3ccc([N+](=O)[O-])cc23)C1. The second kappa shape index (κ2) is 6.34. The van der Waals surface area contributed by atoms with Gasteiger partial charge >= 0.3 is 0 Å². The van der Waals surface area contributed by atoms with Gasteiger partial charge in [-0.15, -0.1) is 6.58 Å². The summed E-state index contributed by atoms with van der Waals surface area (Å²) >= 11 is 0. The number of rotatable bonds is 5. The van der Waals surface area contributed by atoms with E-state index in [0.717, 1.165) is 41.8 Å². The maximum absolute atomic E-state index is 11.1. The Morgan fingerprint density at radius 1 is 1.52 bits per heavy atom. The van der Waals surface area contributed by atoms with E-state index in [-0.39, 0.29) is 16.7 Å². The lowest BCUT2D eigenvalue weighted by Gasteiger charge is -2.21. The van der Waals surface area contributed by atoms with Crippen LogP contribution >= 0.6 is 0 Å². The number of ether oxygens (including phenoxy) is 1. The number of nitrogens with zero attached hydrogens (tertiary/aromatic N) is 3. The quantitative estimate of drug-likeness (QED) is 0.481. The van der Waals surface area contributed by atoms with E-state index in [1.807, 2.05) is 13.0 Å².